The molecule has 3 nitrogen and oxygen atoms in total. The molecule has 22 heavy (non-hydrogen) atoms. The minimum Gasteiger partial charge on any atom is -0.491 e. The maximum atomic E-state index is 13.7. The summed E-state index contributed by atoms with van der Waals surface area (Å²) in [5, 5.41) is 9.78. The zero-order valence-electron chi connectivity index (χ0n) is 14.0. The van der Waals surface area contributed by atoms with Crippen molar-refractivity contribution in [3.8, 4) is 5.75 Å². The van der Waals surface area contributed by atoms with Gasteiger partial charge >= 0.3 is 0 Å². The molecule has 0 bridgehead atoms. The third kappa shape index (κ3) is 5.54. The lowest BCUT2D eigenvalue weighted by Crippen LogP contribution is -2.39. The molecule has 1 aromatic rings. The van der Waals surface area contributed by atoms with Crippen LogP contribution in [0.1, 0.15) is 31.9 Å². The van der Waals surface area contributed by atoms with Gasteiger partial charge < -0.3 is 14.6 Å². The molecule has 0 saturated heterocycles. The smallest absolute Gasteiger partial charge is 0.275 e. The highest BCUT2D eigenvalue weighted by Gasteiger charge is 2.43. The van der Waals surface area contributed by atoms with E-state index in [0.29, 0.717) is 5.75 Å². The van der Waals surface area contributed by atoms with Crippen molar-refractivity contribution in [1.82, 2.24) is 0 Å². The minimum atomic E-state index is -2.94. The molecule has 1 N–H and O–H groups in total. The monoisotopic (exact) mass is 316 g/mol. The van der Waals surface area contributed by atoms with Crippen molar-refractivity contribution in [1.29, 1.82) is 0 Å². The molecule has 0 radical (unpaired) electrons. The van der Waals surface area contributed by atoms with Crippen LogP contribution in [0, 0.1) is 19.3 Å². The first-order valence-electron chi connectivity index (χ1n) is 7.36. The normalized spacial score (nSPS) is 14.0. The molecular weight excluding hydrogens is 290 g/mol. The predicted octanol–water partition coefficient (Wildman–Crippen LogP) is 3.74. The van der Waals surface area contributed by atoms with Gasteiger partial charge in [-0.15, -0.1) is 0 Å². The van der Waals surface area contributed by atoms with Gasteiger partial charge in [0, 0.05) is 5.41 Å². The van der Waals surface area contributed by atoms with Crippen LogP contribution >= 0.6 is 0 Å². The molecule has 126 valence electrons. The Bertz CT molecular complexity index is 481. The molecule has 1 aromatic carbocycles. The highest BCUT2D eigenvalue weighted by Crippen LogP contribution is 2.35. The van der Waals surface area contributed by atoms with E-state index in [1.54, 1.807) is 0 Å². The minimum absolute atomic E-state index is 0.00534. The molecule has 1 atom stereocenters. The Labute approximate surface area is 131 Å². The molecule has 1 rings (SSSR count). The van der Waals surface area contributed by atoms with Crippen molar-refractivity contribution in [3.63, 3.8) is 0 Å². The van der Waals surface area contributed by atoms with Gasteiger partial charge in [0.2, 0.25) is 0 Å². The van der Waals surface area contributed by atoms with Crippen LogP contribution in [0.25, 0.3) is 0 Å². The summed E-state index contributed by atoms with van der Waals surface area (Å²) in [5.41, 5.74) is 0.835. The van der Waals surface area contributed by atoms with Crippen LogP contribution in [0.2, 0.25) is 0 Å². The maximum Gasteiger partial charge on any atom is 0.275 e. The summed E-state index contributed by atoms with van der Waals surface area (Å²) in [4.78, 5) is 0. The van der Waals surface area contributed by atoms with Crippen LogP contribution in [0.3, 0.4) is 0 Å². The van der Waals surface area contributed by atoms with Crippen molar-refractivity contribution < 1.29 is 23.4 Å². The Morgan fingerprint density at radius 2 is 1.77 bits per heavy atom. The topological polar surface area (TPSA) is 38.7 Å². The van der Waals surface area contributed by atoms with Crippen molar-refractivity contribution in [2.24, 2.45) is 5.41 Å². The molecule has 0 saturated carbocycles. The van der Waals surface area contributed by atoms with Crippen LogP contribution in [0.4, 0.5) is 8.78 Å². The van der Waals surface area contributed by atoms with Crippen LogP contribution in [-0.4, -0.2) is 37.0 Å². The number of benzene rings is 1. The molecule has 0 aliphatic carbocycles. The SMILES string of the molecule is Cc1ccc(C)c(OCC(O)COCC(F)(F)C(C)(C)C)c1. The van der Waals surface area contributed by atoms with E-state index in [9.17, 15) is 13.9 Å². The highest BCUT2D eigenvalue weighted by molar-refractivity contribution is 5.35. The summed E-state index contributed by atoms with van der Waals surface area (Å²) in [6, 6.07) is 5.77. The summed E-state index contributed by atoms with van der Waals surface area (Å²) in [6.45, 7) is 7.32. The first-order chi connectivity index (χ1) is 10.0. The fourth-order valence-electron chi connectivity index (χ4n) is 1.64. The van der Waals surface area contributed by atoms with Gasteiger partial charge in [-0.2, -0.15) is 0 Å². The second-order valence-electron chi connectivity index (χ2n) is 6.70. The number of hydrogen-bond donors (Lipinski definition) is 1. The summed E-state index contributed by atoms with van der Waals surface area (Å²) >= 11 is 0. The van der Waals surface area contributed by atoms with Gasteiger partial charge in [-0.05, 0) is 31.0 Å². The second-order valence-corrected chi connectivity index (χ2v) is 6.70. The van der Waals surface area contributed by atoms with E-state index in [0.717, 1.165) is 11.1 Å². The Morgan fingerprint density at radius 1 is 1.14 bits per heavy atom. The number of ether oxygens (including phenoxy) is 2. The first kappa shape index (κ1) is 18.8. The van der Waals surface area contributed by atoms with Crippen molar-refractivity contribution in [3.05, 3.63) is 29.3 Å². The van der Waals surface area contributed by atoms with Crippen LogP contribution in [0.5, 0.6) is 5.75 Å². The third-order valence-corrected chi connectivity index (χ3v) is 3.47. The molecular formula is C17H26F2O3. The number of rotatable bonds is 7. The Hall–Kier alpha value is -1.20. The number of aryl methyl sites for hydroxylation is 2. The maximum absolute atomic E-state index is 13.7. The van der Waals surface area contributed by atoms with Crippen molar-refractivity contribution >= 4 is 0 Å². The number of alkyl halides is 2. The zero-order valence-corrected chi connectivity index (χ0v) is 14.0. The van der Waals surface area contributed by atoms with Crippen LogP contribution < -0.4 is 4.74 Å². The number of aliphatic hydroxyl groups excluding tert-OH is 1. The molecule has 0 amide bonds. The summed E-state index contributed by atoms with van der Waals surface area (Å²) in [6.07, 6.45) is -0.948. The number of halogens is 2. The van der Waals surface area contributed by atoms with E-state index in [2.05, 4.69) is 0 Å². The fraction of sp³-hybridized carbons (Fsp3) is 0.647. The Balaban J connectivity index is 2.38. The predicted molar refractivity (Wildman–Crippen MR) is 82.6 cm³/mol. The Morgan fingerprint density at radius 3 is 2.36 bits per heavy atom. The van der Waals surface area contributed by atoms with Gasteiger partial charge in [-0.3, -0.25) is 0 Å². The Kier molecular flexibility index (Phi) is 6.32. The fourth-order valence-corrected chi connectivity index (χ4v) is 1.64. The van der Waals surface area contributed by atoms with Gasteiger partial charge in [0.25, 0.3) is 5.92 Å². The third-order valence-electron chi connectivity index (χ3n) is 3.47. The zero-order chi connectivity index (χ0) is 17.0. The summed E-state index contributed by atoms with van der Waals surface area (Å²) < 4.78 is 37.8. The quantitative estimate of drug-likeness (QED) is 0.833. The highest BCUT2D eigenvalue weighted by atomic mass is 19.3. The van der Waals surface area contributed by atoms with Gasteiger partial charge in [0.15, 0.2) is 0 Å². The van der Waals surface area contributed by atoms with Gasteiger partial charge in [-0.1, -0.05) is 32.9 Å². The average Bonchev–Trinajstić information content (AvgIpc) is 2.38. The molecule has 0 fully saturated rings. The van der Waals surface area contributed by atoms with Gasteiger partial charge in [0.05, 0.1) is 6.61 Å². The second kappa shape index (κ2) is 7.38. The summed E-state index contributed by atoms with van der Waals surface area (Å²) in [7, 11) is 0. The molecule has 0 heterocycles. The van der Waals surface area contributed by atoms with Crippen LogP contribution in [-0.2, 0) is 4.74 Å². The lowest BCUT2D eigenvalue weighted by Gasteiger charge is -2.30. The van der Waals surface area contributed by atoms with Crippen molar-refractivity contribution in [2.45, 2.75) is 46.6 Å². The van der Waals surface area contributed by atoms with Gasteiger partial charge in [-0.25, -0.2) is 8.78 Å². The van der Waals surface area contributed by atoms with E-state index in [-0.39, 0.29) is 13.2 Å². The largest absolute Gasteiger partial charge is 0.491 e. The lowest BCUT2D eigenvalue weighted by molar-refractivity contribution is -0.153. The summed E-state index contributed by atoms with van der Waals surface area (Å²) in [5.74, 6) is -2.26. The molecule has 0 aliphatic heterocycles. The van der Waals surface area contributed by atoms with E-state index in [1.807, 2.05) is 32.0 Å². The van der Waals surface area contributed by atoms with E-state index in [4.69, 9.17) is 9.47 Å². The molecule has 0 aliphatic rings. The molecule has 5 heteroatoms. The van der Waals surface area contributed by atoms with E-state index < -0.39 is 24.0 Å². The van der Waals surface area contributed by atoms with Crippen molar-refractivity contribution in [2.75, 3.05) is 19.8 Å². The van der Waals surface area contributed by atoms with E-state index in [1.165, 1.54) is 20.8 Å². The first-order valence-corrected chi connectivity index (χ1v) is 7.36. The van der Waals surface area contributed by atoms with E-state index >= 15 is 0 Å². The van der Waals surface area contributed by atoms with Crippen LogP contribution in [0.15, 0.2) is 18.2 Å². The lowest BCUT2D eigenvalue weighted by atomic mass is 9.88. The molecule has 0 aromatic heterocycles. The molecule has 0 spiro atoms. The van der Waals surface area contributed by atoms with Gasteiger partial charge in [0.1, 0.15) is 25.1 Å². The molecule has 1 unspecified atom stereocenters. The number of hydrogen-bond acceptors (Lipinski definition) is 3. The average molecular weight is 316 g/mol. The standard InChI is InChI=1S/C17H26F2O3/c1-12-6-7-13(2)15(8-12)22-10-14(20)9-21-11-17(18,19)16(3,4)5/h6-8,14,20H,9-11H2,1-5H3. The number of aliphatic hydroxyl groups is 1.